The van der Waals surface area contributed by atoms with Crippen LogP contribution in [0.2, 0.25) is 0 Å². The molecular formula is C12H20ClN3O4S. The van der Waals surface area contributed by atoms with Gasteiger partial charge in [0.1, 0.15) is 0 Å². The molecule has 21 heavy (non-hydrogen) atoms. The van der Waals surface area contributed by atoms with Gasteiger partial charge in [-0.05, 0) is 26.3 Å². The standard InChI is InChI=1S/C12H19N3O4S.ClH/c1-8-5-6-9(2)12(11(8)15(16)17)20(18,19)14(4)10(3)7-13;/h5-6,10H,7,13H2,1-4H3;1H. The van der Waals surface area contributed by atoms with E-state index in [0.717, 1.165) is 4.31 Å². The highest BCUT2D eigenvalue weighted by atomic mass is 35.5. The third-order valence-corrected chi connectivity index (χ3v) is 5.46. The Bertz CT molecular complexity index is 634. The van der Waals surface area contributed by atoms with Gasteiger partial charge in [0.25, 0.3) is 5.69 Å². The Morgan fingerprint density at radius 2 is 1.81 bits per heavy atom. The van der Waals surface area contributed by atoms with Crippen molar-refractivity contribution in [1.82, 2.24) is 4.31 Å². The van der Waals surface area contributed by atoms with E-state index in [1.54, 1.807) is 26.0 Å². The van der Waals surface area contributed by atoms with Crippen molar-refractivity contribution < 1.29 is 13.3 Å². The van der Waals surface area contributed by atoms with E-state index in [4.69, 9.17) is 5.73 Å². The van der Waals surface area contributed by atoms with Crippen LogP contribution in [0.25, 0.3) is 0 Å². The van der Waals surface area contributed by atoms with Crippen molar-refractivity contribution in [3.63, 3.8) is 0 Å². The zero-order valence-corrected chi connectivity index (χ0v) is 14.0. The van der Waals surface area contributed by atoms with E-state index >= 15 is 0 Å². The van der Waals surface area contributed by atoms with Crippen molar-refractivity contribution in [1.29, 1.82) is 0 Å². The minimum atomic E-state index is -3.97. The maximum Gasteiger partial charge on any atom is 0.292 e. The molecule has 1 rings (SSSR count). The minimum Gasteiger partial charge on any atom is -0.329 e. The van der Waals surface area contributed by atoms with Crippen LogP contribution in [0.1, 0.15) is 18.1 Å². The van der Waals surface area contributed by atoms with E-state index in [1.807, 2.05) is 0 Å². The molecule has 120 valence electrons. The summed E-state index contributed by atoms with van der Waals surface area (Å²) in [5.74, 6) is 0. The highest BCUT2D eigenvalue weighted by Gasteiger charge is 2.34. The molecule has 0 aliphatic rings. The topological polar surface area (TPSA) is 107 Å². The molecule has 1 atom stereocenters. The molecule has 0 saturated heterocycles. The van der Waals surface area contributed by atoms with Crippen LogP contribution in [-0.2, 0) is 10.0 Å². The fourth-order valence-electron chi connectivity index (χ4n) is 1.85. The highest BCUT2D eigenvalue weighted by molar-refractivity contribution is 7.89. The lowest BCUT2D eigenvalue weighted by molar-refractivity contribution is -0.388. The zero-order chi connectivity index (χ0) is 15.7. The summed E-state index contributed by atoms with van der Waals surface area (Å²) < 4.78 is 26.3. The molecule has 0 radical (unpaired) electrons. The van der Waals surface area contributed by atoms with E-state index in [2.05, 4.69) is 0 Å². The van der Waals surface area contributed by atoms with Crippen LogP contribution in [0.15, 0.2) is 17.0 Å². The molecule has 0 amide bonds. The number of sulfonamides is 1. The largest absolute Gasteiger partial charge is 0.329 e. The number of benzene rings is 1. The molecule has 0 spiro atoms. The third-order valence-electron chi connectivity index (χ3n) is 3.31. The third kappa shape index (κ3) is 3.70. The Labute approximate surface area is 130 Å². The van der Waals surface area contributed by atoms with Gasteiger partial charge in [-0.15, -0.1) is 12.4 Å². The summed E-state index contributed by atoms with van der Waals surface area (Å²) in [7, 11) is -2.59. The van der Waals surface area contributed by atoms with Gasteiger partial charge in [-0.25, -0.2) is 8.42 Å². The van der Waals surface area contributed by atoms with E-state index in [9.17, 15) is 18.5 Å². The Morgan fingerprint density at radius 1 is 1.33 bits per heavy atom. The summed E-state index contributed by atoms with van der Waals surface area (Å²) in [5, 5.41) is 11.2. The van der Waals surface area contributed by atoms with Crippen LogP contribution in [0.4, 0.5) is 5.69 Å². The molecule has 0 aliphatic carbocycles. The van der Waals surface area contributed by atoms with Gasteiger partial charge in [0.15, 0.2) is 4.90 Å². The lowest BCUT2D eigenvalue weighted by Crippen LogP contribution is -2.40. The molecule has 1 aromatic carbocycles. The average Bonchev–Trinajstić information content (AvgIpc) is 2.38. The van der Waals surface area contributed by atoms with Gasteiger partial charge in [0.2, 0.25) is 10.0 Å². The summed E-state index contributed by atoms with van der Waals surface area (Å²) >= 11 is 0. The van der Waals surface area contributed by atoms with Crippen molar-refractivity contribution in [2.45, 2.75) is 31.7 Å². The molecule has 0 aromatic heterocycles. The van der Waals surface area contributed by atoms with Gasteiger partial charge in [-0.2, -0.15) is 4.31 Å². The summed E-state index contributed by atoms with van der Waals surface area (Å²) in [4.78, 5) is 10.3. The number of nitro benzene ring substituents is 1. The number of hydrogen-bond donors (Lipinski definition) is 1. The number of halogens is 1. The van der Waals surface area contributed by atoms with Gasteiger partial charge in [0, 0.05) is 25.2 Å². The molecule has 1 aromatic rings. The smallest absolute Gasteiger partial charge is 0.292 e. The number of nitrogens with zero attached hydrogens (tertiary/aromatic N) is 2. The van der Waals surface area contributed by atoms with Gasteiger partial charge >= 0.3 is 0 Å². The molecular weight excluding hydrogens is 318 g/mol. The average molecular weight is 338 g/mol. The Balaban J connectivity index is 0.00000400. The van der Waals surface area contributed by atoms with Crippen LogP contribution in [-0.4, -0.2) is 37.3 Å². The number of aryl methyl sites for hydroxylation is 2. The maximum absolute atomic E-state index is 12.6. The van der Waals surface area contributed by atoms with Gasteiger partial charge in [0.05, 0.1) is 4.92 Å². The lowest BCUT2D eigenvalue weighted by atomic mass is 10.1. The van der Waals surface area contributed by atoms with Crippen molar-refractivity contribution in [2.75, 3.05) is 13.6 Å². The SMILES string of the molecule is Cc1ccc(C)c(S(=O)(=O)N(C)C(C)CN)c1[N+](=O)[O-].Cl. The summed E-state index contributed by atoms with van der Waals surface area (Å²) in [6.45, 7) is 4.84. The molecule has 2 N–H and O–H groups in total. The first-order chi connectivity index (χ1) is 9.14. The lowest BCUT2D eigenvalue weighted by Gasteiger charge is -2.24. The molecule has 1 unspecified atom stereocenters. The number of nitrogens with two attached hydrogens (primary N) is 1. The maximum atomic E-state index is 12.6. The first-order valence-electron chi connectivity index (χ1n) is 6.07. The Hall–Kier alpha value is -1.22. The Morgan fingerprint density at radius 3 is 2.24 bits per heavy atom. The number of hydrogen-bond acceptors (Lipinski definition) is 5. The van der Waals surface area contributed by atoms with E-state index in [-0.39, 0.29) is 29.5 Å². The van der Waals surface area contributed by atoms with Crippen molar-refractivity contribution in [3.8, 4) is 0 Å². The first-order valence-corrected chi connectivity index (χ1v) is 7.51. The first kappa shape index (κ1) is 19.8. The second-order valence-corrected chi connectivity index (χ2v) is 6.67. The molecule has 0 heterocycles. The summed E-state index contributed by atoms with van der Waals surface area (Å²) in [6, 6.07) is 2.66. The molecule has 0 saturated carbocycles. The van der Waals surface area contributed by atoms with Gasteiger partial charge < -0.3 is 5.73 Å². The van der Waals surface area contributed by atoms with Crippen LogP contribution in [0.5, 0.6) is 0 Å². The summed E-state index contributed by atoms with van der Waals surface area (Å²) in [5.41, 5.74) is 5.76. The number of nitro groups is 1. The Kier molecular flexibility index (Phi) is 6.75. The zero-order valence-electron chi connectivity index (χ0n) is 12.4. The predicted octanol–water partition coefficient (Wildman–Crippen LogP) is 1.60. The van der Waals surface area contributed by atoms with Crippen LogP contribution in [0, 0.1) is 24.0 Å². The predicted molar refractivity (Wildman–Crippen MR) is 83.3 cm³/mol. The number of rotatable bonds is 5. The van der Waals surface area contributed by atoms with Crippen LogP contribution < -0.4 is 5.73 Å². The van der Waals surface area contributed by atoms with Gasteiger partial charge in [-0.1, -0.05) is 12.1 Å². The van der Waals surface area contributed by atoms with E-state index in [1.165, 1.54) is 14.0 Å². The van der Waals surface area contributed by atoms with Crippen molar-refractivity contribution >= 4 is 28.1 Å². The minimum absolute atomic E-state index is 0. The molecule has 0 aliphatic heterocycles. The quantitative estimate of drug-likeness (QED) is 0.648. The highest BCUT2D eigenvalue weighted by Crippen LogP contribution is 2.32. The fourth-order valence-corrected chi connectivity index (χ4v) is 3.65. The summed E-state index contributed by atoms with van der Waals surface area (Å²) in [6.07, 6.45) is 0. The normalized spacial score (nSPS) is 12.9. The van der Waals surface area contributed by atoms with Crippen LogP contribution >= 0.6 is 12.4 Å². The monoisotopic (exact) mass is 337 g/mol. The molecule has 0 bridgehead atoms. The molecule has 0 fully saturated rings. The fraction of sp³-hybridized carbons (Fsp3) is 0.500. The molecule has 9 heteroatoms. The van der Waals surface area contributed by atoms with Crippen LogP contribution in [0.3, 0.4) is 0 Å². The van der Waals surface area contributed by atoms with E-state index in [0.29, 0.717) is 11.1 Å². The second kappa shape index (κ2) is 7.17. The molecule has 7 nitrogen and oxygen atoms in total. The van der Waals surface area contributed by atoms with E-state index < -0.39 is 21.0 Å². The van der Waals surface area contributed by atoms with Crippen molar-refractivity contribution in [3.05, 3.63) is 33.4 Å². The van der Waals surface area contributed by atoms with Crippen molar-refractivity contribution in [2.24, 2.45) is 5.73 Å². The number of likely N-dealkylation sites (N-methyl/N-ethyl adjacent to an activating group) is 1. The second-order valence-electron chi connectivity index (χ2n) is 4.74. The van der Waals surface area contributed by atoms with Gasteiger partial charge in [-0.3, -0.25) is 10.1 Å².